The Labute approximate surface area is 89.6 Å². The van der Waals surface area contributed by atoms with E-state index in [4.69, 9.17) is 0 Å². The van der Waals surface area contributed by atoms with Gasteiger partial charge in [-0.2, -0.15) is 0 Å². The van der Waals surface area contributed by atoms with Crippen LogP contribution < -0.4 is 0 Å². The Kier molecular flexibility index (Phi) is 3.56. The standard InChI is InChI=1S/C13H14O2/c1-4-6-11-7-5-8-12(9(2)14)13(11)10(3)15/h4-8H,1-3H3. The third-order valence-electron chi connectivity index (χ3n) is 2.17. The van der Waals surface area contributed by atoms with Crippen LogP contribution in [-0.4, -0.2) is 11.6 Å². The molecule has 0 aliphatic carbocycles. The molecule has 0 bridgehead atoms. The van der Waals surface area contributed by atoms with Crippen LogP contribution in [0.25, 0.3) is 6.08 Å². The van der Waals surface area contributed by atoms with Gasteiger partial charge in [0.1, 0.15) is 0 Å². The van der Waals surface area contributed by atoms with E-state index in [2.05, 4.69) is 0 Å². The van der Waals surface area contributed by atoms with Gasteiger partial charge in [0, 0.05) is 11.1 Å². The first-order valence-electron chi connectivity index (χ1n) is 4.85. The van der Waals surface area contributed by atoms with E-state index >= 15 is 0 Å². The second kappa shape index (κ2) is 4.69. The monoisotopic (exact) mass is 202 g/mol. The molecule has 0 unspecified atom stereocenters. The minimum absolute atomic E-state index is 0.0751. The Bertz CT molecular complexity index is 428. The van der Waals surface area contributed by atoms with E-state index in [1.54, 1.807) is 12.1 Å². The van der Waals surface area contributed by atoms with Crippen LogP contribution in [0.15, 0.2) is 24.3 Å². The molecule has 0 amide bonds. The molecule has 0 aliphatic heterocycles. The van der Waals surface area contributed by atoms with Crippen LogP contribution in [0.2, 0.25) is 0 Å². The largest absolute Gasteiger partial charge is 0.294 e. The minimum atomic E-state index is -0.0773. The Hall–Kier alpha value is -1.70. The summed E-state index contributed by atoms with van der Waals surface area (Å²) in [5.41, 5.74) is 1.82. The number of allylic oxidation sites excluding steroid dienone is 1. The third-order valence-corrected chi connectivity index (χ3v) is 2.17. The molecule has 0 atom stereocenters. The van der Waals surface area contributed by atoms with Crippen molar-refractivity contribution in [3.05, 3.63) is 41.0 Å². The molecule has 0 saturated carbocycles. The van der Waals surface area contributed by atoms with Crippen molar-refractivity contribution in [3.8, 4) is 0 Å². The molecular formula is C13H14O2. The van der Waals surface area contributed by atoms with Crippen molar-refractivity contribution in [3.63, 3.8) is 0 Å². The molecule has 1 aromatic rings. The summed E-state index contributed by atoms with van der Waals surface area (Å²) in [5.74, 6) is -0.152. The first-order chi connectivity index (χ1) is 7.07. The van der Waals surface area contributed by atoms with E-state index < -0.39 is 0 Å². The number of ketones is 2. The van der Waals surface area contributed by atoms with Crippen molar-refractivity contribution < 1.29 is 9.59 Å². The Morgan fingerprint density at radius 1 is 1.13 bits per heavy atom. The second-order valence-electron chi connectivity index (χ2n) is 3.38. The zero-order valence-electron chi connectivity index (χ0n) is 9.20. The van der Waals surface area contributed by atoms with Gasteiger partial charge in [0.2, 0.25) is 0 Å². The zero-order valence-corrected chi connectivity index (χ0v) is 9.20. The van der Waals surface area contributed by atoms with Crippen molar-refractivity contribution in [2.24, 2.45) is 0 Å². The molecule has 0 radical (unpaired) electrons. The summed E-state index contributed by atoms with van der Waals surface area (Å²) in [6, 6.07) is 5.31. The molecule has 78 valence electrons. The van der Waals surface area contributed by atoms with Gasteiger partial charge in [-0.3, -0.25) is 9.59 Å². The Morgan fingerprint density at radius 3 is 2.27 bits per heavy atom. The van der Waals surface area contributed by atoms with E-state index in [1.807, 2.05) is 25.1 Å². The van der Waals surface area contributed by atoms with Gasteiger partial charge in [-0.15, -0.1) is 0 Å². The van der Waals surface area contributed by atoms with E-state index in [1.165, 1.54) is 13.8 Å². The molecule has 1 rings (SSSR count). The molecule has 0 saturated heterocycles. The van der Waals surface area contributed by atoms with Gasteiger partial charge in [-0.25, -0.2) is 0 Å². The maximum absolute atomic E-state index is 11.5. The highest BCUT2D eigenvalue weighted by atomic mass is 16.1. The molecule has 15 heavy (non-hydrogen) atoms. The van der Waals surface area contributed by atoms with Crippen LogP contribution in [0, 0.1) is 0 Å². The van der Waals surface area contributed by atoms with Gasteiger partial charge in [-0.05, 0) is 26.3 Å². The van der Waals surface area contributed by atoms with E-state index in [-0.39, 0.29) is 11.6 Å². The van der Waals surface area contributed by atoms with Gasteiger partial charge in [-0.1, -0.05) is 30.4 Å². The predicted molar refractivity (Wildman–Crippen MR) is 61.2 cm³/mol. The van der Waals surface area contributed by atoms with Gasteiger partial charge in [0.25, 0.3) is 0 Å². The van der Waals surface area contributed by atoms with E-state index in [0.717, 1.165) is 5.56 Å². The number of benzene rings is 1. The summed E-state index contributed by atoms with van der Waals surface area (Å²) in [7, 11) is 0. The number of carbonyl (C=O) groups excluding carboxylic acids is 2. The molecule has 0 fully saturated rings. The van der Waals surface area contributed by atoms with Crippen LogP contribution in [0.3, 0.4) is 0 Å². The fourth-order valence-electron chi connectivity index (χ4n) is 1.57. The van der Waals surface area contributed by atoms with Gasteiger partial charge in [0.05, 0.1) is 0 Å². The second-order valence-corrected chi connectivity index (χ2v) is 3.38. The summed E-state index contributed by atoms with van der Waals surface area (Å²) in [4.78, 5) is 22.8. The first kappa shape index (κ1) is 11.4. The zero-order chi connectivity index (χ0) is 11.4. The molecular weight excluding hydrogens is 188 g/mol. The van der Waals surface area contributed by atoms with Gasteiger partial charge >= 0.3 is 0 Å². The molecule has 0 aromatic heterocycles. The molecule has 0 N–H and O–H groups in total. The van der Waals surface area contributed by atoms with Crippen LogP contribution in [-0.2, 0) is 0 Å². The Balaban J connectivity index is 3.48. The third kappa shape index (κ3) is 2.40. The first-order valence-corrected chi connectivity index (χ1v) is 4.85. The summed E-state index contributed by atoms with van der Waals surface area (Å²) < 4.78 is 0. The number of rotatable bonds is 3. The number of carbonyl (C=O) groups is 2. The lowest BCUT2D eigenvalue weighted by Gasteiger charge is -2.07. The molecule has 2 heteroatoms. The van der Waals surface area contributed by atoms with Crippen molar-refractivity contribution in [2.75, 3.05) is 0 Å². The quantitative estimate of drug-likeness (QED) is 0.706. The SMILES string of the molecule is CC=Cc1cccc(C(C)=O)c1C(C)=O. The summed E-state index contributed by atoms with van der Waals surface area (Å²) in [6.45, 7) is 4.83. The highest BCUT2D eigenvalue weighted by Crippen LogP contribution is 2.17. The molecule has 0 spiro atoms. The Morgan fingerprint density at radius 2 is 1.80 bits per heavy atom. The van der Waals surface area contributed by atoms with Crippen LogP contribution in [0.5, 0.6) is 0 Å². The average molecular weight is 202 g/mol. The number of Topliss-reactive ketones (excluding diaryl/α,β-unsaturated/α-hetero) is 2. The summed E-state index contributed by atoms with van der Waals surface area (Å²) >= 11 is 0. The normalized spacial score (nSPS) is 10.6. The maximum Gasteiger partial charge on any atom is 0.161 e. The van der Waals surface area contributed by atoms with E-state index in [9.17, 15) is 9.59 Å². The minimum Gasteiger partial charge on any atom is -0.294 e. The van der Waals surface area contributed by atoms with Crippen molar-refractivity contribution in [1.29, 1.82) is 0 Å². The average Bonchev–Trinajstić information content (AvgIpc) is 2.17. The van der Waals surface area contributed by atoms with Gasteiger partial charge < -0.3 is 0 Å². The summed E-state index contributed by atoms with van der Waals surface area (Å²) in [5, 5.41) is 0. The predicted octanol–water partition coefficient (Wildman–Crippen LogP) is 3.12. The van der Waals surface area contributed by atoms with Crippen molar-refractivity contribution in [1.82, 2.24) is 0 Å². The van der Waals surface area contributed by atoms with Crippen LogP contribution >= 0.6 is 0 Å². The highest BCUT2D eigenvalue weighted by molar-refractivity contribution is 6.09. The van der Waals surface area contributed by atoms with E-state index in [0.29, 0.717) is 11.1 Å². The molecule has 2 nitrogen and oxygen atoms in total. The lowest BCUT2D eigenvalue weighted by molar-refractivity contribution is 0.0980. The molecule has 0 aliphatic rings. The highest BCUT2D eigenvalue weighted by Gasteiger charge is 2.13. The number of hydrogen-bond donors (Lipinski definition) is 0. The lowest BCUT2D eigenvalue weighted by atomic mass is 9.95. The fraction of sp³-hybridized carbons (Fsp3) is 0.231. The smallest absolute Gasteiger partial charge is 0.161 e. The fourth-order valence-corrected chi connectivity index (χ4v) is 1.57. The topological polar surface area (TPSA) is 34.1 Å². The van der Waals surface area contributed by atoms with Crippen molar-refractivity contribution >= 4 is 17.6 Å². The van der Waals surface area contributed by atoms with Crippen LogP contribution in [0.4, 0.5) is 0 Å². The lowest BCUT2D eigenvalue weighted by Crippen LogP contribution is -2.06. The maximum atomic E-state index is 11.5. The van der Waals surface area contributed by atoms with Crippen LogP contribution in [0.1, 0.15) is 47.1 Å². The molecule has 1 aromatic carbocycles. The molecule has 0 heterocycles. The van der Waals surface area contributed by atoms with Crippen molar-refractivity contribution in [2.45, 2.75) is 20.8 Å². The van der Waals surface area contributed by atoms with Gasteiger partial charge in [0.15, 0.2) is 11.6 Å². The number of hydrogen-bond acceptors (Lipinski definition) is 2. The summed E-state index contributed by atoms with van der Waals surface area (Å²) in [6.07, 6.45) is 3.69.